The number of fused-ring (bicyclic) bond motifs is 1. The third kappa shape index (κ3) is 4.43. The minimum atomic E-state index is -0.334. The smallest absolute Gasteiger partial charge is 0.273 e. The third-order valence-electron chi connectivity index (χ3n) is 4.43. The highest BCUT2D eigenvalue weighted by Crippen LogP contribution is 2.29. The van der Waals surface area contributed by atoms with E-state index in [0.717, 1.165) is 21.5 Å². The van der Waals surface area contributed by atoms with Crippen LogP contribution in [0.5, 0.6) is 5.75 Å². The highest BCUT2D eigenvalue weighted by atomic mass is 32.1. The van der Waals surface area contributed by atoms with E-state index in [4.69, 9.17) is 4.74 Å². The summed E-state index contributed by atoms with van der Waals surface area (Å²) >= 11 is 1.37. The Balaban J connectivity index is 1.49. The molecule has 1 N–H and O–H groups in total. The standard InChI is InChI=1S/C21H20N4O3S/c1-2-28-15-8-9-16-18(12-15)29-21(22-16)23-20(27)17-10-11-19(26)25(24-17)13-14-6-4-3-5-7-14/h3-9,12H,2,10-11,13H2,1H3,(H,22,23,27). The molecule has 4 rings (SSSR count). The maximum atomic E-state index is 12.7. The molecule has 1 aliphatic heterocycles. The van der Waals surface area contributed by atoms with Gasteiger partial charge in [-0.2, -0.15) is 5.10 Å². The van der Waals surface area contributed by atoms with E-state index in [0.29, 0.717) is 30.4 Å². The van der Waals surface area contributed by atoms with Crippen molar-refractivity contribution in [1.29, 1.82) is 0 Å². The molecule has 0 saturated carbocycles. The minimum absolute atomic E-state index is 0.0890. The molecule has 2 heterocycles. The zero-order valence-electron chi connectivity index (χ0n) is 15.9. The third-order valence-corrected chi connectivity index (χ3v) is 5.37. The normalized spacial score (nSPS) is 14.0. The topological polar surface area (TPSA) is 83.9 Å². The first-order chi connectivity index (χ1) is 14.1. The molecule has 0 fully saturated rings. The molecule has 0 aliphatic carbocycles. The second-order valence-corrected chi connectivity index (χ2v) is 7.55. The molecule has 148 valence electrons. The molecule has 3 aromatic rings. The number of benzene rings is 2. The van der Waals surface area contributed by atoms with Gasteiger partial charge >= 0.3 is 0 Å². The number of hydrogen-bond donors (Lipinski definition) is 1. The lowest BCUT2D eigenvalue weighted by atomic mass is 10.1. The number of rotatable bonds is 6. The first kappa shape index (κ1) is 19.1. The molecule has 0 saturated heterocycles. The number of nitrogens with zero attached hydrogens (tertiary/aromatic N) is 3. The van der Waals surface area contributed by atoms with E-state index in [-0.39, 0.29) is 18.2 Å². The van der Waals surface area contributed by atoms with Crippen LogP contribution in [-0.2, 0) is 16.1 Å². The average Bonchev–Trinajstić information content (AvgIpc) is 3.12. The van der Waals surface area contributed by atoms with Gasteiger partial charge in [0.1, 0.15) is 11.5 Å². The summed E-state index contributed by atoms with van der Waals surface area (Å²) in [4.78, 5) is 29.3. The van der Waals surface area contributed by atoms with Crippen molar-refractivity contribution in [2.24, 2.45) is 5.10 Å². The molecule has 0 spiro atoms. The van der Waals surface area contributed by atoms with E-state index in [9.17, 15) is 9.59 Å². The van der Waals surface area contributed by atoms with Crippen LogP contribution in [0.3, 0.4) is 0 Å². The maximum Gasteiger partial charge on any atom is 0.273 e. The number of amides is 2. The molecular weight excluding hydrogens is 388 g/mol. The number of hydrazone groups is 1. The van der Waals surface area contributed by atoms with E-state index >= 15 is 0 Å². The molecule has 2 aromatic carbocycles. The molecule has 7 nitrogen and oxygen atoms in total. The van der Waals surface area contributed by atoms with Gasteiger partial charge in [-0.05, 0) is 30.7 Å². The Hall–Kier alpha value is -3.26. The van der Waals surface area contributed by atoms with Crippen LogP contribution in [0.25, 0.3) is 10.2 Å². The van der Waals surface area contributed by atoms with Gasteiger partial charge in [-0.3, -0.25) is 14.9 Å². The summed E-state index contributed by atoms with van der Waals surface area (Å²) < 4.78 is 6.43. The first-order valence-electron chi connectivity index (χ1n) is 9.39. The molecule has 0 atom stereocenters. The molecule has 8 heteroatoms. The molecule has 0 unspecified atom stereocenters. The number of aromatic nitrogens is 1. The number of ether oxygens (including phenoxy) is 1. The van der Waals surface area contributed by atoms with Gasteiger partial charge in [0.25, 0.3) is 5.91 Å². The van der Waals surface area contributed by atoms with Gasteiger partial charge < -0.3 is 4.74 Å². The average molecular weight is 408 g/mol. The lowest BCUT2D eigenvalue weighted by molar-refractivity contribution is -0.132. The van der Waals surface area contributed by atoms with E-state index in [1.165, 1.54) is 16.3 Å². The van der Waals surface area contributed by atoms with Crippen LogP contribution in [0, 0.1) is 0 Å². The molecule has 1 aliphatic rings. The summed E-state index contributed by atoms with van der Waals surface area (Å²) in [5.74, 6) is 0.349. The van der Waals surface area contributed by atoms with Gasteiger partial charge in [0.05, 0.1) is 23.4 Å². The quantitative estimate of drug-likeness (QED) is 0.672. The summed E-state index contributed by atoms with van der Waals surface area (Å²) in [6.45, 7) is 2.86. The van der Waals surface area contributed by atoms with Crippen molar-refractivity contribution < 1.29 is 14.3 Å². The Labute approximate surface area is 172 Å². The lowest BCUT2D eigenvalue weighted by Crippen LogP contribution is -2.35. The maximum absolute atomic E-state index is 12.7. The van der Waals surface area contributed by atoms with Crippen LogP contribution in [0.1, 0.15) is 25.3 Å². The van der Waals surface area contributed by atoms with Gasteiger partial charge in [-0.15, -0.1) is 0 Å². The molecule has 29 heavy (non-hydrogen) atoms. The van der Waals surface area contributed by atoms with Crippen molar-refractivity contribution in [1.82, 2.24) is 9.99 Å². The van der Waals surface area contributed by atoms with Crippen LogP contribution in [-0.4, -0.2) is 34.1 Å². The number of anilines is 1. The SMILES string of the molecule is CCOc1ccc2nc(NC(=O)C3=NN(Cc4ccccc4)C(=O)CC3)sc2c1. The van der Waals surface area contributed by atoms with E-state index in [2.05, 4.69) is 15.4 Å². The fourth-order valence-electron chi connectivity index (χ4n) is 3.03. The molecule has 0 radical (unpaired) electrons. The molecule has 1 aromatic heterocycles. The molecular formula is C21H20N4O3S. The lowest BCUT2D eigenvalue weighted by Gasteiger charge is -2.23. The zero-order chi connectivity index (χ0) is 20.2. The van der Waals surface area contributed by atoms with Gasteiger partial charge in [0.15, 0.2) is 5.13 Å². The van der Waals surface area contributed by atoms with Crippen molar-refractivity contribution in [2.45, 2.75) is 26.3 Å². The monoisotopic (exact) mass is 408 g/mol. The van der Waals surface area contributed by atoms with Crippen LogP contribution in [0.15, 0.2) is 53.6 Å². The number of nitrogens with one attached hydrogen (secondary N) is 1. The van der Waals surface area contributed by atoms with E-state index in [1.807, 2.05) is 55.5 Å². The van der Waals surface area contributed by atoms with Crippen LogP contribution >= 0.6 is 11.3 Å². The Morgan fingerprint density at radius 3 is 2.83 bits per heavy atom. The summed E-state index contributed by atoms with van der Waals surface area (Å²) in [6, 6.07) is 15.2. The number of thiazole rings is 1. The summed E-state index contributed by atoms with van der Waals surface area (Å²) in [5, 5.41) is 8.96. The van der Waals surface area contributed by atoms with Crippen LogP contribution in [0.4, 0.5) is 5.13 Å². The minimum Gasteiger partial charge on any atom is -0.494 e. The van der Waals surface area contributed by atoms with Crippen molar-refractivity contribution in [2.75, 3.05) is 11.9 Å². The predicted molar refractivity (Wildman–Crippen MR) is 113 cm³/mol. The van der Waals surface area contributed by atoms with E-state index in [1.54, 1.807) is 0 Å². The van der Waals surface area contributed by atoms with Crippen molar-refractivity contribution in [3.8, 4) is 5.75 Å². The van der Waals surface area contributed by atoms with Gasteiger partial charge in [-0.1, -0.05) is 41.7 Å². The van der Waals surface area contributed by atoms with Gasteiger partial charge in [0.2, 0.25) is 5.91 Å². The van der Waals surface area contributed by atoms with Gasteiger partial charge in [0, 0.05) is 12.8 Å². The van der Waals surface area contributed by atoms with Crippen molar-refractivity contribution in [3.05, 3.63) is 54.1 Å². The summed E-state index contributed by atoms with van der Waals surface area (Å²) in [7, 11) is 0. The van der Waals surface area contributed by atoms with Crippen molar-refractivity contribution in [3.63, 3.8) is 0 Å². The summed E-state index contributed by atoms with van der Waals surface area (Å²) in [5.41, 5.74) is 2.08. The van der Waals surface area contributed by atoms with Gasteiger partial charge in [-0.25, -0.2) is 9.99 Å². The molecule has 2 amide bonds. The second-order valence-electron chi connectivity index (χ2n) is 6.52. The Bertz CT molecular complexity index is 1080. The largest absolute Gasteiger partial charge is 0.494 e. The van der Waals surface area contributed by atoms with Crippen LogP contribution in [0.2, 0.25) is 0 Å². The Morgan fingerprint density at radius 1 is 1.21 bits per heavy atom. The zero-order valence-corrected chi connectivity index (χ0v) is 16.7. The Morgan fingerprint density at radius 2 is 2.03 bits per heavy atom. The van der Waals surface area contributed by atoms with Crippen LogP contribution < -0.4 is 10.1 Å². The molecule has 0 bridgehead atoms. The predicted octanol–water partition coefficient (Wildman–Crippen LogP) is 3.81. The fraction of sp³-hybridized carbons (Fsp3) is 0.238. The second kappa shape index (κ2) is 8.40. The van der Waals surface area contributed by atoms with Crippen molar-refractivity contribution >= 4 is 44.2 Å². The summed E-state index contributed by atoms with van der Waals surface area (Å²) in [6.07, 6.45) is 0.575. The number of carbonyl (C=O) groups excluding carboxylic acids is 2. The number of carbonyl (C=O) groups is 2. The van der Waals surface area contributed by atoms with E-state index < -0.39 is 0 Å². The first-order valence-corrected chi connectivity index (χ1v) is 10.2. The fourth-order valence-corrected chi connectivity index (χ4v) is 3.92. The number of hydrogen-bond acceptors (Lipinski definition) is 6. The highest BCUT2D eigenvalue weighted by Gasteiger charge is 2.25. The Kier molecular flexibility index (Phi) is 5.53. The highest BCUT2D eigenvalue weighted by molar-refractivity contribution is 7.22.